The number of nitrogens with one attached hydrogen (secondary N) is 1. The SMILES string of the molecule is CSc1ccc(CN2C(=O)C3COCCN3c3nc(-c4cccc(NC(C)=O)c4)ncc32)cc1. The molecule has 1 atom stereocenters. The molecule has 3 aromatic rings. The first-order chi connectivity index (χ1) is 16.5. The molecule has 1 N–H and O–H groups in total. The Bertz CT molecular complexity index is 1230. The largest absolute Gasteiger partial charge is 0.377 e. The van der Waals surface area contributed by atoms with Crippen molar-refractivity contribution in [3.8, 4) is 11.4 Å². The van der Waals surface area contributed by atoms with Crippen LogP contribution in [0.15, 0.2) is 59.6 Å². The Balaban J connectivity index is 1.53. The van der Waals surface area contributed by atoms with Crippen LogP contribution in [-0.2, 0) is 20.9 Å². The fourth-order valence-corrected chi connectivity index (χ4v) is 4.69. The van der Waals surface area contributed by atoms with Crippen molar-refractivity contribution >= 4 is 40.8 Å². The Kier molecular flexibility index (Phi) is 6.21. The lowest BCUT2D eigenvalue weighted by molar-refractivity contribution is -0.122. The van der Waals surface area contributed by atoms with Crippen LogP contribution in [0.5, 0.6) is 0 Å². The number of carbonyl (C=O) groups is 2. The van der Waals surface area contributed by atoms with E-state index in [1.165, 1.54) is 11.8 Å². The average molecular weight is 476 g/mol. The highest BCUT2D eigenvalue weighted by atomic mass is 32.2. The molecule has 0 bridgehead atoms. The van der Waals surface area contributed by atoms with Gasteiger partial charge in [0.2, 0.25) is 5.91 Å². The monoisotopic (exact) mass is 475 g/mol. The van der Waals surface area contributed by atoms with Gasteiger partial charge in [-0.3, -0.25) is 9.59 Å². The highest BCUT2D eigenvalue weighted by molar-refractivity contribution is 7.98. The Morgan fingerprint density at radius 1 is 1.24 bits per heavy atom. The van der Waals surface area contributed by atoms with Crippen LogP contribution in [0.4, 0.5) is 17.2 Å². The summed E-state index contributed by atoms with van der Waals surface area (Å²) in [4.78, 5) is 39.4. The van der Waals surface area contributed by atoms with Gasteiger partial charge in [0, 0.05) is 29.6 Å². The number of rotatable bonds is 5. The van der Waals surface area contributed by atoms with Gasteiger partial charge in [0.1, 0.15) is 11.7 Å². The van der Waals surface area contributed by atoms with Crippen molar-refractivity contribution in [2.45, 2.75) is 24.4 Å². The fourth-order valence-electron chi connectivity index (χ4n) is 4.28. The molecule has 0 radical (unpaired) electrons. The van der Waals surface area contributed by atoms with Gasteiger partial charge in [0.15, 0.2) is 11.6 Å². The average Bonchev–Trinajstić information content (AvgIpc) is 2.86. The molecule has 2 aromatic carbocycles. The molecular weight excluding hydrogens is 450 g/mol. The molecule has 2 aliphatic rings. The van der Waals surface area contributed by atoms with Crippen molar-refractivity contribution in [2.24, 2.45) is 0 Å². The number of morpholine rings is 1. The zero-order chi connectivity index (χ0) is 23.7. The van der Waals surface area contributed by atoms with Gasteiger partial charge in [-0.1, -0.05) is 24.3 Å². The molecule has 2 aliphatic heterocycles. The van der Waals surface area contributed by atoms with Crippen LogP contribution in [0.2, 0.25) is 0 Å². The number of hydrogen-bond acceptors (Lipinski definition) is 7. The summed E-state index contributed by atoms with van der Waals surface area (Å²) in [6.07, 6.45) is 3.76. The van der Waals surface area contributed by atoms with E-state index >= 15 is 0 Å². The number of aromatic nitrogens is 2. The Morgan fingerprint density at radius 3 is 2.82 bits per heavy atom. The van der Waals surface area contributed by atoms with E-state index in [0.717, 1.165) is 16.9 Å². The van der Waals surface area contributed by atoms with E-state index in [4.69, 9.17) is 9.72 Å². The van der Waals surface area contributed by atoms with Crippen LogP contribution in [-0.4, -0.2) is 53.8 Å². The number of hydrogen-bond donors (Lipinski definition) is 1. The van der Waals surface area contributed by atoms with Gasteiger partial charge >= 0.3 is 0 Å². The van der Waals surface area contributed by atoms with Gasteiger partial charge in [-0.05, 0) is 36.1 Å². The van der Waals surface area contributed by atoms with E-state index in [1.807, 2.05) is 47.6 Å². The number of carbonyl (C=O) groups excluding carboxylic acids is 2. The second kappa shape index (κ2) is 9.44. The van der Waals surface area contributed by atoms with E-state index in [0.29, 0.717) is 43.5 Å². The van der Waals surface area contributed by atoms with Gasteiger partial charge in [-0.25, -0.2) is 9.97 Å². The highest BCUT2D eigenvalue weighted by Crippen LogP contribution is 2.37. The molecule has 5 rings (SSSR count). The molecule has 34 heavy (non-hydrogen) atoms. The topological polar surface area (TPSA) is 87.7 Å². The summed E-state index contributed by atoms with van der Waals surface area (Å²) in [6, 6.07) is 15.2. The Labute approximate surface area is 202 Å². The van der Waals surface area contributed by atoms with Crippen LogP contribution < -0.4 is 15.1 Å². The molecular formula is C25H25N5O3S. The first-order valence-corrected chi connectivity index (χ1v) is 12.3. The minimum absolute atomic E-state index is 0.00912. The first-order valence-electron chi connectivity index (χ1n) is 11.1. The van der Waals surface area contributed by atoms with Gasteiger partial charge in [0.25, 0.3) is 5.91 Å². The lowest BCUT2D eigenvalue weighted by Gasteiger charge is -2.43. The number of ether oxygens (including phenoxy) is 1. The minimum Gasteiger partial charge on any atom is -0.377 e. The molecule has 1 unspecified atom stereocenters. The number of fused-ring (bicyclic) bond motifs is 3. The molecule has 1 aromatic heterocycles. The summed E-state index contributed by atoms with van der Waals surface area (Å²) in [5, 5.41) is 2.79. The van der Waals surface area contributed by atoms with Crippen LogP contribution in [0.3, 0.4) is 0 Å². The van der Waals surface area contributed by atoms with Gasteiger partial charge in [-0.2, -0.15) is 0 Å². The third kappa shape index (κ3) is 4.36. The number of nitrogens with zero attached hydrogens (tertiary/aromatic N) is 4. The summed E-state index contributed by atoms with van der Waals surface area (Å²) >= 11 is 1.68. The maximum absolute atomic E-state index is 13.5. The Morgan fingerprint density at radius 2 is 2.06 bits per heavy atom. The van der Waals surface area contributed by atoms with Crippen LogP contribution in [0, 0.1) is 0 Å². The van der Waals surface area contributed by atoms with Crippen molar-refractivity contribution in [3.05, 3.63) is 60.3 Å². The van der Waals surface area contributed by atoms with E-state index in [2.05, 4.69) is 22.4 Å². The van der Waals surface area contributed by atoms with Gasteiger partial charge in [-0.15, -0.1) is 11.8 Å². The zero-order valence-corrected chi connectivity index (χ0v) is 19.8. The lowest BCUT2D eigenvalue weighted by atomic mass is 10.1. The third-order valence-electron chi connectivity index (χ3n) is 5.93. The highest BCUT2D eigenvalue weighted by Gasteiger charge is 2.41. The molecule has 8 nitrogen and oxygen atoms in total. The van der Waals surface area contributed by atoms with Crippen molar-refractivity contribution in [3.63, 3.8) is 0 Å². The summed E-state index contributed by atoms with van der Waals surface area (Å²) in [6.45, 7) is 3.36. The van der Waals surface area contributed by atoms with Gasteiger partial charge in [0.05, 0.1) is 26.0 Å². The van der Waals surface area contributed by atoms with Crippen molar-refractivity contribution in [1.29, 1.82) is 0 Å². The van der Waals surface area contributed by atoms with E-state index in [9.17, 15) is 9.59 Å². The number of amides is 2. The molecule has 0 saturated carbocycles. The van der Waals surface area contributed by atoms with E-state index in [1.54, 1.807) is 22.9 Å². The lowest BCUT2D eigenvalue weighted by Crippen LogP contribution is -2.58. The first kappa shape index (κ1) is 22.4. The number of anilines is 3. The smallest absolute Gasteiger partial charge is 0.252 e. The van der Waals surface area contributed by atoms with Crippen molar-refractivity contribution < 1.29 is 14.3 Å². The van der Waals surface area contributed by atoms with E-state index in [-0.39, 0.29) is 11.8 Å². The molecule has 3 heterocycles. The molecule has 1 fully saturated rings. The molecule has 0 spiro atoms. The second-order valence-electron chi connectivity index (χ2n) is 8.22. The standard InChI is InChI=1S/C25H25N5O3S/c1-16(31)27-19-5-3-4-18(12-19)23-26-13-21-24(28-23)29-10-11-33-15-22(29)25(32)30(21)14-17-6-8-20(34-2)9-7-17/h3-9,12-13,22H,10-11,14-15H2,1-2H3,(H,27,31). The molecule has 1 saturated heterocycles. The summed E-state index contributed by atoms with van der Waals surface area (Å²) in [7, 11) is 0. The van der Waals surface area contributed by atoms with Crippen molar-refractivity contribution in [1.82, 2.24) is 9.97 Å². The van der Waals surface area contributed by atoms with E-state index < -0.39 is 6.04 Å². The summed E-state index contributed by atoms with van der Waals surface area (Å²) < 4.78 is 5.65. The fraction of sp³-hybridized carbons (Fsp3) is 0.280. The predicted octanol–water partition coefficient (Wildman–Crippen LogP) is 3.58. The summed E-state index contributed by atoms with van der Waals surface area (Å²) in [5.41, 5.74) is 3.20. The normalized spacial score (nSPS) is 17.2. The third-order valence-corrected chi connectivity index (χ3v) is 6.68. The minimum atomic E-state index is -0.416. The van der Waals surface area contributed by atoms with Crippen LogP contribution >= 0.6 is 11.8 Å². The Hall–Kier alpha value is -3.43. The van der Waals surface area contributed by atoms with Gasteiger partial charge < -0.3 is 19.9 Å². The molecule has 2 amide bonds. The quantitative estimate of drug-likeness (QED) is 0.565. The van der Waals surface area contributed by atoms with Crippen LogP contribution in [0.1, 0.15) is 12.5 Å². The molecule has 9 heteroatoms. The molecule has 174 valence electrons. The second-order valence-corrected chi connectivity index (χ2v) is 9.10. The zero-order valence-electron chi connectivity index (χ0n) is 19.0. The molecule has 0 aliphatic carbocycles. The maximum Gasteiger partial charge on any atom is 0.252 e. The van der Waals surface area contributed by atoms with Crippen LogP contribution in [0.25, 0.3) is 11.4 Å². The predicted molar refractivity (Wildman–Crippen MR) is 133 cm³/mol. The number of thioether (sulfide) groups is 1. The maximum atomic E-state index is 13.5. The van der Waals surface area contributed by atoms with Crippen molar-refractivity contribution in [2.75, 3.05) is 41.1 Å². The number of benzene rings is 2. The summed E-state index contributed by atoms with van der Waals surface area (Å²) in [5.74, 6) is 1.11.